The molecule has 0 radical (unpaired) electrons. The molecule has 0 aliphatic rings. The Hall–Kier alpha value is -0.700. The first-order chi connectivity index (χ1) is 10.5. The number of halogens is 1. The molecule has 0 bridgehead atoms. The molecule has 0 N–H and O–H groups in total. The van der Waals surface area contributed by atoms with Crippen LogP contribution >= 0.6 is 11.6 Å². The molecule has 0 aliphatic carbocycles. The van der Waals surface area contributed by atoms with Gasteiger partial charge in [0.2, 0.25) is 5.88 Å². The van der Waals surface area contributed by atoms with Gasteiger partial charge in [0.15, 0.2) is 0 Å². The molecular formula is C18H33ClN2O. The summed E-state index contributed by atoms with van der Waals surface area (Å²) in [5, 5.41) is 5.16. The highest BCUT2D eigenvalue weighted by atomic mass is 35.5. The summed E-state index contributed by atoms with van der Waals surface area (Å²) in [6.45, 7) is 6.83. The molecule has 1 rings (SSSR count). The molecule has 1 heterocycles. The topological polar surface area (TPSA) is 27.1 Å². The van der Waals surface area contributed by atoms with Crippen molar-refractivity contribution in [3.63, 3.8) is 0 Å². The van der Waals surface area contributed by atoms with Crippen LogP contribution in [-0.4, -0.2) is 16.9 Å². The molecule has 4 heteroatoms. The zero-order valence-electron chi connectivity index (χ0n) is 15.0. The third-order valence-corrected chi connectivity index (χ3v) is 5.09. The highest BCUT2D eigenvalue weighted by Gasteiger charge is 2.34. The summed E-state index contributed by atoms with van der Waals surface area (Å²) in [5.41, 5.74) is 1.16. The Balaban J connectivity index is 2.97. The van der Waals surface area contributed by atoms with Gasteiger partial charge in [0.05, 0.1) is 12.7 Å². The van der Waals surface area contributed by atoms with E-state index in [1.165, 1.54) is 44.9 Å². The highest BCUT2D eigenvalue weighted by molar-refractivity contribution is 6.30. The Labute approximate surface area is 141 Å². The number of ether oxygens (including phenoxy) is 1. The monoisotopic (exact) mass is 328 g/mol. The average molecular weight is 329 g/mol. The maximum absolute atomic E-state index is 6.55. The summed E-state index contributed by atoms with van der Waals surface area (Å²) >= 11 is 6.55. The van der Waals surface area contributed by atoms with Crippen LogP contribution in [0.3, 0.4) is 0 Å². The van der Waals surface area contributed by atoms with Crippen LogP contribution in [0.5, 0.6) is 5.88 Å². The predicted molar refractivity (Wildman–Crippen MR) is 95.0 cm³/mol. The van der Waals surface area contributed by atoms with Gasteiger partial charge in [-0.1, -0.05) is 77.3 Å². The van der Waals surface area contributed by atoms with Gasteiger partial charge in [-0.2, -0.15) is 0 Å². The van der Waals surface area contributed by atoms with Crippen molar-refractivity contribution in [2.45, 2.75) is 84.0 Å². The van der Waals surface area contributed by atoms with Crippen LogP contribution in [0.1, 0.15) is 84.1 Å². The van der Waals surface area contributed by atoms with E-state index in [1.54, 1.807) is 11.8 Å². The fourth-order valence-corrected chi connectivity index (χ4v) is 3.56. The van der Waals surface area contributed by atoms with E-state index in [2.05, 4.69) is 25.9 Å². The second kappa shape index (κ2) is 9.44. The summed E-state index contributed by atoms with van der Waals surface area (Å²) in [7, 11) is 3.57. The van der Waals surface area contributed by atoms with Crippen LogP contribution in [0.25, 0.3) is 0 Å². The number of aryl methyl sites for hydroxylation is 1. The standard InChI is InChI=1S/C18H33ClN2O/c1-6-8-10-12-14-18(3,13-11-9-7-2)15-16(19)21(4)20-17(15)22-5/h6-14H2,1-5H3. The van der Waals surface area contributed by atoms with Gasteiger partial charge in [-0.3, -0.25) is 4.68 Å². The van der Waals surface area contributed by atoms with Crippen LogP contribution < -0.4 is 4.74 Å². The summed E-state index contributed by atoms with van der Waals surface area (Å²) in [5.74, 6) is 0.696. The van der Waals surface area contributed by atoms with Crippen LogP contribution in [0.4, 0.5) is 0 Å². The van der Waals surface area contributed by atoms with Crippen LogP contribution in [0.2, 0.25) is 5.15 Å². The lowest BCUT2D eigenvalue weighted by molar-refractivity contribution is 0.335. The normalized spacial score (nSPS) is 14.1. The van der Waals surface area contributed by atoms with Gasteiger partial charge >= 0.3 is 0 Å². The molecule has 0 aliphatic heterocycles. The second-order valence-electron chi connectivity index (χ2n) is 6.63. The summed E-state index contributed by atoms with van der Waals surface area (Å²) in [6, 6.07) is 0. The van der Waals surface area contributed by atoms with Crippen molar-refractivity contribution in [2.24, 2.45) is 7.05 Å². The minimum Gasteiger partial charge on any atom is -0.480 e. The van der Waals surface area contributed by atoms with E-state index in [-0.39, 0.29) is 5.41 Å². The van der Waals surface area contributed by atoms with E-state index < -0.39 is 0 Å². The van der Waals surface area contributed by atoms with E-state index in [1.807, 2.05) is 7.05 Å². The first-order valence-electron chi connectivity index (χ1n) is 8.77. The zero-order chi connectivity index (χ0) is 16.6. The second-order valence-corrected chi connectivity index (χ2v) is 6.99. The highest BCUT2D eigenvalue weighted by Crippen LogP contribution is 2.43. The van der Waals surface area contributed by atoms with Crippen molar-refractivity contribution in [1.29, 1.82) is 0 Å². The Bertz CT molecular complexity index is 445. The Morgan fingerprint density at radius 1 is 1.05 bits per heavy atom. The number of hydrogen-bond donors (Lipinski definition) is 0. The Morgan fingerprint density at radius 2 is 1.59 bits per heavy atom. The van der Waals surface area contributed by atoms with Gasteiger partial charge < -0.3 is 4.74 Å². The molecule has 0 saturated carbocycles. The van der Waals surface area contributed by atoms with Crippen molar-refractivity contribution in [3.05, 3.63) is 10.7 Å². The molecule has 0 saturated heterocycles. The van der Waals surface area contributed by atoms with Crippen LogP contribution in [-0.2, 0) is 12.5 Å². The molecule has 1 aromatic rings. The van der Waals surface area contributed by atoms with E-state index in [0.29, 0.717) is 5.88 Å². The molecule has 1 unspecified atom stereocenters. The molecular weight excluding hydrogens is 296 g/mol. The number of rotatable bonds is 11. The average Bonchev–Trinajstić information content (AvgIpc) is 2.80. The lowest BCUT2D eigenvalue weighted by Gasteiger charge is -2.30. The van der Waals surface area contributed by atoms with Crippen molar-refractivity contribution in [2.75, 3.05) is 7.11 Å². The van der Waals surface area contributed by atoms with Crippen LogP contribution in [0, 0.1) is 0 Å². The van der Waals surface area contributed by atoms with E-state index in [4.69, 9.17) is 16.3 Å². The SMILES string of the molecule is CCCCCCC(C)(CCCCC)c1c(OC)nn(C)c1Cl. The van der Waals surface area contributed by atoms with Gasteiger partial charge in [0.1, 0.15) is 5.15 Å². The number of unbranched alkanes of at least 4 members (excludes halogenated alkanes) is 5. The molecule has 128 valence electrons. The summed E-state index contributed by atoms with van der Waals surface area (Å²) in [4.78, 5) is 0. The molecule has 0 aromatic carbocycles. The predicted octanol–water partition coefficient (Wildman–Crippen LogP) is 5.89. The maximum Gasteiger partial charge on any atom is 0.237 e. The first-order valence-corrected chi connectivity index (χ1v) is 9.15. The lowest BCUT2D eigenvalue weighted by Crippen LogP contribution is -2.23. The summed E-state index contributed by atoms with van der Waals surface area (Å²) < 4.78 is 7.25. The molecule has 0 fully saturated rings. The lowest BCUT2D eigenvalue weighted by atomic mass is 9.75. The fourth-order valence-electron chi connectivity index (χ4n) is 3.21. The maximum atomic E-state index is 6.55. The quantitative estimate of drug-likeness (QED) is 0.473. The van der Waals surface area contributed by atoms with Crippen molar-refractivity contribution in [1.82, 2.24) is 9.78 Å². The van der Waals surface area contributed by atoms with Gasteiger partial charge in [-0.15, -0.1) is 5.10 Å². The number of hydrogen-bond acceptors (Lipinski definition) is 2. The van der Waals surface area contributed by atoms with Crippen molar-refractivity contribution in [3.8, 4) is 5.88 Å². The molecule has 1 atom stereocenters. The van der Waals surface area contributed by atoms with Gasteiger partial charge in [0, 0.05) is 12.5 Å². The summed E-state index contributed by atoms with van der Waals surface area (Å²) in [6.07, 6.45) is 11.1. The van der Waals surface area contributed by atoms with Gasteiger partial charge in [-0.05, 0) is 12.8 Å². The first kappa shape index (κ1) is 19.3. The van der Waals surface area contributed by atoms with E-state index >= 15 is 0 Å². The number of nitrogens with zero attached hydrogens (tertiary/aromatic N) is 2. The molecule has 1 aromatic heterocycles. The van der Waals surface area contributed by atoms with Gasteiger partial charge in [0.25, 0.3) is 0 Å². The third-order valence-electron chi connectivity index (χ3n) is 4.66. The molecule has 3 nitrogen and oxygen atoms in total. The van der Waals surface area contributed by atoms with Crippen LogP contribution in [0.15, 0.2) is 0 Å². The number of methoxy groups -OCH3 is 1. The third kappa shape index (κ3) is 4.91. The fraction of sp³-hybridized carbons (Fsp3) is 0.833. The Morgan fingerprint density at radius 3 is 2.14 bits per heavy atom. The molecule has 22 heavy (non-hydrogen) atoms. The minimum absolute atomic E-state index is 0.0552. The molecule has 0 spiro atoms. The minimum atomic E-state index is 0.0552. The zero-order valence-corrected chi connectivity index (χ0v) is 15.8. The van der Waals surface area contributed by atoms with Crippen molar-refractivity contribution >= 4 is 11.6 Å². The largest absolute Gasteiger partial charge is 0.480 e. The number of aromatic nitrogens is 2. The Kier molecular flexibility index (Phi) is 8.30. The molecule has 0 amide bonds. The van der Waals surface area contributed by atoms with E-state index in [9.17, 15) is 0 Å². The van der Waals surface area contributed by atoms with E-state index in [0.717, 1.165) is 23.6 Å². The van der Waals surface area contributed by atoms with Gasteiger partial charge in [-0.25, -0.2) is 0 Å². The smallest absolute Gasteiger partial charge is 0.237 e. The van der Waals surface area contributed by atoms with Crippen molar-refractivity contribution < 1.29 is 4.74 Å².